The van der Waals surface area contributed by atoms with Crippen LogP contribution < -0.4 is 0 Å². The SMILES string of the molecule is C[C@@]12CCC[C@@](C)(C(=O)O)[C@H]1CC[C@]13CC(=O)[C@](CO)(C1)[C@H](O)C[C@H]32. The average molecular weight is 350 g/mol. The van der Waals surface area contributed by atoms with E-state index in [1.807, 2.05) is 6.92 Å². The van der Waals surface area contributed by atoms with Gasteiger partial charge < -0.3 is 15.3 Å². The van der Waals surface area contributed by atoms with E-state index in [-0.39, 0.29) is 35.1 Å². The molecule has 25 heavy (non-hydrogen) atoms. The number of Topliss-reactive ketones (excluding diaryl/α,β-unsaturated/α-hetero) is 1. The van der Waals surface area contributed by atoms with E-state index in [2.05, 4.69) is 6.92 Å². The summed E-state index contributed by atoms with van der Waals surface area (Å²) in [6, 6.07) is 0. The van der Waals surface area contributed by atoms with Crippen molar-refractivity contribution in [2.75, 3.05) is 6.61 Å². The fraction of sp³-hybridized carbons (Fsp3) is 0.900. The molecule has 5 nitrogen and oxygen atoms in total. The maximum Gasteiger partial charge on any atom is 0.309 e. The molecule has 0 unspecified atom stereocenters. The predicted octanol–water partition coefficient (Wildman–Crippen LogP) is 2.39. The lowest BCUT2D eigenvalue weighted by atomic mass is 9.40. The number of hydrogen-bond donors (Lipinski definition) is 3. The number of rotatable bonds is 2. The minimum atomic E-state index is -0.968. The second-order valence-corrected chi connectivity index (χ2v) is 9.93. The average Bonchev–Trinajstić information content (AvgIpc) is 2.79. The number of hydrogen-bond acceptors (Lipinski definition) is 4. The fourth-order valence-electron chi connectivity index (χ4n) is 7.77. The van der Waals surface area contributed by atoms with E-state index < -0.39 is 22.9 Å². The molecule has 4 aliphatic rings. The smallest absolute Gasteiger partial charge is 0.309 e. The van der Waals surface area contributed by atoms with Crippen LogP contribution in [-0.4, -0.2) is 39.8 Å². The van der Waals surface area contributed by atoms with E-state index in [1.165, 1.54) is 0 Å². The lowest BCUT2D eigenvalue weighted by Gasteiger charge is -2.64. The molecule has 140 valence electrons. The van der Waals surface area contributed by atoms with Crippen LogP contribution in [0, 0.1) is 33.5 Å². The van der Waals surface area contributed by atoms with Crippen molar-refractivity contribution in [2.45, 2.75) is 71.3 Å². The normalized spacial score (nSPS) is 54.7. The molecule has 0 saturated heterocycles. The molecule has 0 aromatic carbocycles. The first-order valence-corrected chi connectivity index (χ1v) is 9.70. The van der Waals surface area contributed by atoms with Crippen LogP contribution in [0.3, 0.4) is 0 Å². The van der Waals surface area contributed by atoms with Crippen LogP contribution in [0.1, 0.15) is 65.2 Å². The Kier molecular flexibility index (Phi) is 3.54. The highest BCUT2D eigenvalue weighted by Crippen LogP contribution is 2.72. The van der Waals surface area contributed by atoms with Gasteiger partial charge in [0.25, 0.3) is 0 Å². The molecule has 4 rings (SSSR count). The second kappa shape index (κ2) is 5.07. The topological polar surface area (TPSA) is 94.8 Å². The van der Waals surface area contributed by atoms with Crippen LogP contribution in [0.5, 0.6) is 0 Å². The molecular weight excluding hydrogens is 320 g/mol. The van der Waals surface area contributed by atoms with Gasteiger partial charge in [-0.1, -0.05) is 13.3 Å². The van der Waals surface area contributed by atoms with Crippen molar-refractivity contribution in [1.29, 1.82) is 0 Å². The van der Waals surface area contributed by atoms with Gasteiger partial charge in [-0.15, -0.1) is 0 Å². The van der Waals surface area contributed by atoms with E-state index in [0.717, 1.165) is 25.7 Å². The lowest BCUT2D eigenvalue weighted by Crippen LogP contribution is -2.60. The highest BCUT2D eigenvalue weighted by Gasteiger charge is 2.71. The Labute approximate surface area is 148 Å². The molecule has 4 saturated carbocycles. The maximum absolute atomic E-state index is 12.8. The number of carbonyl (C=O) groups is 2. The summed E-state index contributed by atoms with van der Waals surface area (Å²) in [5, 5.41) is 30.6. The number of carboxylic acids is 1. The summed E-state index contributed by atoms with van der Waals surface area (Å²) in [6.07, 6.45) is 4.99. The molecule has 7 atom stereocenters. The van der Waals surface area contributed by atoms with Gasteiger partial charge in [0.05, 0.1) is 23.5 Å². The van der Waals surface area contributed by atoms with Crippen molar-refractivity contribution in [1.82, 2.24) is 0 Å². The number of fused-ring (bicyclic) bond motifs is 3. The molecule has 0 aromatic heterocycles. The van der Waals surface area contributed by atoms with Gasteiger partial charge in [-0.05, 0) is 68.1 Å². The van der Waals surface area contributed by atoms with Gasteiger partial charge in [-0.25, -0.2) is 0 Å². The summed E-state index contributed by atoms with van der Waals surface area (Å²) < 4.78 is 0. The highest BCUT2D eigenvalue weighted by molar-refractivity contribution is 5.89. The van der Waals surface area contributed by atoms with Crippen molar-refractivity contribution in [3.63, 3.8) is 0 Å². The number of aliphatic carboxylic acids is 1. The second-order valence-electron chi connectivity index (χ2n) is 9.93. The Bertz CT molecular complexity index is 632. The molecule has 5 heteroatoms. The Hall–Kier alpha value is -0.940. The molecule has 1 spiro atoms. The van der Waals surface area contributed by atoms with Crippen molar-refractivity contribution in [3.8, 4) is 0 Å². The molecule has 0 aromatic rings. The van der Waals surface area contributed by atoms with Gasteiger partial charge >= 0.3 is 5.97 Å². The van der Waals surface area contributed by atoms with Crippen molar-refractivity contribution < 1.29 is 24.9 Å². The zero-order valence-electron chi connectivity index (χ0n) is 15.3. The van der Waals surface area contributed by atoms with Crippen LogP contribution in [0.4, 0.5) is 0 Å². The minimum absolute atomic E-state index is 0.0175. The summed E-state index contributed by atoms with van der Waals surface area (Å²) >= 11 is 0. The third kappa shape index (κ3) is 1.92. The first-order chi connectivity index (χ1) is 11.6. The van der Waals surface area contributed by atoms with Crippen LogP contribution in [-0.2, 0) is 9.59 Å². The van der Waals surface area contributed by atoms with E-state index in [0.29, 0.717) is 25.7 Å². The van der Waals surface area contributed by atoms with E-state index in [1.54, 1.807) is 0 Å². The Morgan fingerprint density at radius 3 is 2.56 bits per heavy atom. The van der Waals surface area contributed by atoms with Gasteiger partial charge in [0.2, 0.25) is 0 Å². The molecule has 4 aliphatic carbocycles. The minimum Gasteiger partial charge on any atom is -0.481 e. The summed E-state index contributed by atoms with van der Waals surface area (Å²) in [6.45, 7) is 3.84. The summed E-state index contributed by atoms with van der Waals surface area (Å²) in [5.41, 5.74) is -1.99. The number of ketones is 1. The van der Waals surface area contributed by atoms with Gasteiger partial charge in [0, 0.05) is 6.42 Å². The standard InChI is InChI=1S/C20H30O5/c1-17-5-3-6-18(2,16(24)25)12(17)4-7-19-9-15(23)20(10-19,11-21)14(22)8-13(17)19/h12-14,21-22H,3-11H2,1-2H3,(H,24,25)/t12-,13-,14+,17+,18+,19-,20-/m0/s1. The van der Waals surface area contributed by atoms with Gasteiger partial charge in [-0.3, -0.25) is 9.59 Å². The van der Waals surface area contributed by atoms with E-state index in [9.17, 15) is 24.9 Å². The van der Waals surface area contributed by atoms with Crippen molar-refractivity contribution in [2.24, 2.45) is 33.5 Å². The van der Waals surface area contributed by atoms with Crippen molar-refractivity contribution in [3.05, 3.63) is 0 Å². The third-order valence-electron chi connectivity index (χ3n) is 9.05. The van der Waals surface area contributed by atoms with E-state index >= 15 is 0 Å². The zero-order valence-corrected chi connectivity index (χ0v) is 15.3. The largest absolute Gasteiger partial charge is 0.481 e. The number of aliphatic hydroxyl groups is 2. The summed E-state index contributed by atoms with van der Waals surface area (Å²) in [7, 11) is 0. The molecule has 2 bridgehead atoms. The molecule has 0 heterocycles. The number of carboxylic acid groups (broad SMARTS) is 1. The van der Waals surface area contributed by atoms with E-state index in [4.69, 9.17) is 0 Å². The summed E-state index contributed by atoms with van der Waals surface area (Å²) in [4.78, 5) is 24.8. The highest BCUT2D eigenvalue weighted by atomic mass is 16.4. The fourth-order valence-corrected chi connectivity index (χ4v) is 7.77. The zero-order chi connectivity index (χ0) is 18.3. The van der Waals surface area contributed by atoms with Crippen LogP contribution >= 0.6 is 0 Å². The van der Waals surface area contributed by atoms with Gasteiger partial charge in [0.15, 0.2) is 0 Å². The molecule has 0 aliphatic heterocycles. The number of aliphatic hydroxyl groups excluding tert-OH is 2. The Morgan fingerprint density at radius 1 is 1.20 bits per heavy atom. The van der Waals surface area contributed by atoms with Crippen LogP contribution in [0.2, 0.25) is 0 Å². The molecular formula is C20H30O5. The molecule has 3 N–H and O–H groups in total. The molecule has 0 amide bonds. The number of carbonyl (C=O) groups excluding carboxylic acids is 1. The maximum atomic E-state index is 12.8. The Balaban J connectivity index is 1.77. The van der Waals surface area contributed by atoms with Crippen LogP contribution in [0.25, 0.3) is 0 Å². The van der Waals surface area contributed by atoms with Gasteiger partial charge in [0.1, 0.15) is 5.78 Å². The Morgan fingerprint density at radius 2 is 1.92 bits per heavy atom. The first kappa shape index (κ1) is 17.5. The van der Waals surface area contributed by atoms with Crippen LogP contribution in [0.15, 0.2) is 0 Å². The van der Waals surface area contributed by atoms with Crippen molar-refractivity contribution >= 4 is 11.8 Å². The lowest BCUT2D eigenvalue weighted by molar-refractivity contribution is -0.195. The third-order valence-corrected chi connectivity index (χ3v) is 9.05. The summed E-state index contributed by atoms with van der Waals surface area (Å²) in [5.74, 6) is -0.433. The monoisotopic (exact) mass is 350 g/mol. The molecule has 4 fully saturated rings. The quantitative estimate of drug-likeness (QED) is 0.711. The first-order valence-electron chi connectivity index (χ1n) is 9.70. The molecule has 0 radical (unpaired) electrons. The predicted molar refractivity (Wildman–Crippen MR) is 90.7 cm³/mol. The van der Waals surface area contributed by atoms with Gasteiger partial charge in [-0.2, -0.15) is 0 Å².